The molecule has 0 aliphatic carbocycles. The molecule has 0 aliphatic heterocycles. The van der Waals surface area contributed by atoms with E-state index in [9.17, 15) is 9.18 Å². The summed E-state index contributed by atoms with van der Waals surface area (Å²) < 4.78 is 18.3. The van der Waals surface area contributed by atoms with E-state index in [0.717, 1.165) is 16.6 Å². The van der Waals surface area contributed by atoms with Crippen molar-refractivity contribution in [3.8, 4) is 0 Å². The van der Waals surface area contributed by atoms with Gasteiger partial charge < -0.3 is 9.64 Å². The maximum Gasteiger partial charge on any atom is 0.340 e. The highest BCUT2D eigenvalue weighted by molar-refractivity contribution is 5.95. The van der Waals surface area contributed by atoms with Crippen molar-refractivity contribution in [3.05, 3.63) is 71.7 Å². The molecule has 5 heteroatoms. The van der Waals surface area contributed by atoms with Crippen molar-refractivity contribution in [1.29, 1.82) is 0 Å². The molecule has 0 aliphatic rings. The predicted molar refractivity (Wildman–Crippen MR) is 96.2 cm³/mol. The van der Waals surface area contributed by atoms with Crippen LogP contribution in [0.2, 0.25) is 0 Å². The summed E-state index contributed by atoms with van der Waals surface area (Å²) in [7, 11) is 1.87. The number of carbonyl (C=O) groups is 1. The Morgan fingerprint density at radius 2 is 1.88 bits per heavy atom. The summed E-state index contributed by atoms with van der Waals surface area (Å²) in [5, 5.41) is 0.888. The van der Waals surface area contributed by atoms with E-state index in [-0.39, 0.29) is 11.8 Å². The molecule has 0 spiro atoms. The molecule has 3 aromatic rings. The van der Waals surface area contributed by atoms with Gasteiger partial charge in [0.15, 0.2) is 0 Å². The molecule has 0 saturated carbocycles. The minimum Gasteiger partial charge on any atom is -0.462 e. The molecule has 4 nitrogen and oxygen atoms in total. The van der Waals surface area contributed by atoms with Gasteiger partial charge in [-0.25, -0.2) is 9.18 Å². The number of esters is 1. The third-order valence-electron chi connectivity index (χ3n) is 3.95. The number of benzene rings is 2. The van der Waals surface area contributed by atoms with Crippen LogP contribution in [0.15, 0.2) is 54.6 Å². The molecule has 1 heterocycles. The molecular formula is C20H19FN2O2. The standard InChI is InChI=1S/C20H19FN2O2/c1-3-25-20(24)17-12-14-6-4-5-7-18(14)22-19(17)13-23(2)16-10-8-15(21)9-11-16/h4-12H,3,13H2,1-2H3. The highest BCUT2D eigenvalue weighted by atomic mass is 19.1. The molecule has 1 aromatic heterocycles. The highest BCUT2D eigenvalue weighted by Crippen LogP contribution is 2.21. The van der Waals surface area contributed by atoms with E-state index >= 15 is 0 Å². The van der Waals surface area contributed by atoms with Crippen LogP contribution >= 0.6 is 0 Å². The summed E-state index contributed by atoms with van der Waals surface area (Å²) in [6, 6.07) is 15.7. The maximum atomic E-state index is 13.1. The van der Waals surface area contributed by atoms with Crippen molar-refractivity contribution in [2.24, 2.45) is 0 Å². The first kappa shape index (κ1) is 16.9. The lowest BCUT2D eigenvalue weighted by Gasteiger charge is -2.20. The second kappa shape index (κ2) is 7.30. The van der Waals surface area contributed by atoms with Gasteiger partial charge in [-0.1, -0.05) is 18.2 Å². The molecule has 0 unspecified atom stereocenters. The molecule has 0 N–H and O–H groups in total. The van der Waals surface area contributed by atoms with Gasteiger partial charge in [-0.3, -0.25) is 4.98 Å². The Kier molecular flexibility index (Phi) is 4.93. The van der Waals surface area contributed by atoms with Crippen LogP contribution in [0.5, 0.6) is 0 Å². The second-order valence-electron chi connectivity index (χ2n) is 5.73. The van der Waals surface area contributed by atoms with Gasteiger partial charge in [0.05, 0.1) is 29.9 Å². The van der Waals surface area contributed by atoms with Gasteiger partial charge >= 0.3 is 5.97 Å². The van der Waals surface area contributed by atoms with E-state index in [0.29, 0.717) is 24.4 Å². The summed E-state index contributed by atoms with van der Waals surface area (Å²) in [5.41, 5.74) is 2.74. The topological polar surface area (TPSA) is 42.4 Å². The number of anilines is 1. The van der Waals surface area contributed by atoms with Crippen molar-refractivity contribution >= 4 is 22.6 Å². The van der Waals surface area contributed by atoms with E-state index in [1.807, 2.05) is 42.3 Å². The Hall–Kier alpha value is -2.95. The fourth-order valence-corrected chi connectivity index (χ4v) is 2.67. The first-order chi connectivity index (χ1) is 12.1. The SMILES string of the molecule is CCOC(=O)c1cc2ccccc2nc1CN(C)c1ccc(F)cc1. The largest absolute Gasteiger partial charge is 0.462 e. The number of aromatic nitrogens is 1. The molecule has 0 atom stereocenters. The second-order valence-corrected chi connectivity index (χ2v) is 5.73. The van der Waals surface area contributed by atoms with Crippen LogP contribution in [-0.4, -0.2) is 24.6 Å². The first-order valence-corrected chi connectivity index (χ1v) is 8.11. The molecule has 128 valence electrons. The van der Waals surface area contributed by atoms with Crippen molar-refractivity contribution < 1.29 is 13.9 Å². The third kappa shape index (κ3) is 3.76. The zero-order valence-corrected chi connectivity index (χ0v) is 14.2. The molecular weight excluding hydrogens is 319 g/mol. The van der Waals surface area contributed by atoms with E-state index in [1.165, 1.54) is 12.1 Å². The lowest BCUT2D eigenvalue weighted by Crippen LogP contribution is -2.20. The van der Waals surface area contributed by atoms with Gasteiger partial charge in [0.2, 0.25) is 0 Å². The van der Waals surface area contributed by atoms with Gasteiger partial charge in [0.25, 0.3) is 0 Å². The summed E-state index contributed by atoms with van der Waals surface area (Å²) in [6.45, 7) is 2.49. The average molecular weight is 338 g/mol. The van der Waals surface area contributed by atoms with Gasteiger partial charge in [-0.05, 0) is 43.3 Å². The number of ether oxygens (including phenoxy) is 1. The average Bonchev–Trinajstić information content (AvgIpc) is 2.61. The zero-order chi connectivity index (χ0) is 17.8. The number of hydrogen-bond acceptors (Lipinski definition) is 4. The van der Waals surface area contributed by atoms with E-state index in [4.69, 9.17) is 4.74 Å². The normalized spacial score (nSPS) is 10.7. The Balaban J connectivity index is 1.99. The molecule has 0 fully saturated rings. The quantitative estimate of drug-likeness (QED) is 0.654. The van der Waals surface area contributed by atoms with Crippen molar-refractivity contribution in [1.82, 2.24) is 4.98 Å². The van der Waals surface area contributed by atoms with Crippen LogP contribution in [0.3, 0.4) is 0 Å². The van der Waals surface area contributed by atoms with E-state index in [2.05, 4.69) is 4.98 Å². The molecule has 0 amide bonds. The summed E-state index contributed by atoms with van der Waals surface area (Å²) in [6.07, 6.45) is 0. The highest BCUT2D eigenvalue weighted by Gasteiger charge is 2.17. The summed E-state index contributed by atoms with van der Waals surface area (Å²) in [5.74, 6) is -0.670. The van der Waals surface area contributed by atoms with Crippen LogP contribution in [0.4, 0.5) is 10.1 Å². The Bertz CT molecular complexity index is 894. The fraction of sp³-hybridized carbons (Fsp3) is 0.200. The number of carbonyl (C=O) groups excluding carboxylic acids is 1. The smallest absolute Gasteiger partial charge is 0.340 e. The third-order valence-corrected chi connectivity index (χ3v) is 3.95. The summed E-state index contributed by atoms with van der Waals surface area (Å²) >= 11 is 0. The van der Waals surface area contributed by atoms with Crippen LogP contribution in [0.25, 0.3) is 10.9 Å². The maximum absolute atomic E-state index is 13.1. The number of nitrogens with zero attached hydrogens (tertiary/aromatic N) is 2. The van der Waals surface area contributed by atoms with Crippen LogP contribution in [-0.2, 0) is 11.3 Å². The fourth-order valence-electron chi connectivity index (χ4n) is 2.67. The zero-order valence-electron chi connectivity index (χ0n) is 14.2. The van der Waals surface area contributed by atoms with Crippen LogP contribution < -0.4 is 4.90 Å². The number of hydrogen-bond donors (Lipinski definition) is 0. The Morgan fingerprint density at radius 3 is 2.60 bits per heavy atom. The van der Waals surface area contributed by atoms with Crippen molar-refractivity contribution in [2.75, 3.05) is 18.6 Å². The van der Waals surface area contributed by atoms with Gasteiger partial charge in [0.1, 0.15) is 5.82 Å². The molecule has 0 radical (unpaired) electrons. The van der Waals surface area contributed by atoms with Gasteiger partial charge in [-0.15, -0.1) is 0 Å². The monoisotopic (exact) mass is 338 g/mol. The Labute approximate surface area is 145 Å². The van der Waals surface area contributed by atoms with Gasteiger partial charge in [0, 0.05) is 18.1 Å². The number of para-hydroxylation sites is 1. The van der Waals surface area contributed by atoms with Crippen LogP contribution in [0, 0.1) is 5.82 Å². The van der Waals surface area contributed by atoms with Gasteiger partial charge in [-0.2, -0.15) is 0 Å². The molecule has 0 saturated heterocycles. The first-order valence-electron chi connectivity index (χ1n) is 8.11. The number of halogens is 1. The van der Waals surface area contributed by atoms with Crippen molar-refractivity contribution in [2.45, 2.75) is 13.5 Å². The Morgan fingerprint density at radius 1 is 1.16 bits per heavy atom. The predicted octanol–water partition coefficient (Wildman–Crippen LogP) is 4.19. The minimum absolute atomic E-state index is 0.284. The molecule has 25 heavy (non-hydrogen) atoms. The number of rotatable bonds is 5. The summed E-state index contributed by atoms with van der Waals surface area (Å²) in [4.78, 5) is 18.9. The lowest BCUT2D eigenvalue weighted by atomic mass is 10.1. The molecule has 3 rings (SSSR count). The van der Waals surface area contributed by atoms with E-state index < -0.39 is 0 Å². The van der Waals surface area contributed by atoms with Crippen LogP contribution in [0.1, 0.15) is 23.0 Å². The number of fused-ring (bicyclic) bond motifs is 1. The molecule has 2 aromatic carbocycles. The van der Waals surface area contributed by atoms with E-state index in [1.54, 1.807) is 19.1 Å². The minimum atomic E-state index is -0.386. The van der Waals surface area contributed by atoms with Crippen molar-refractivity contribution in [3.63, 3.8) is 0 Å². The number of pyridine rings is 1. The molecule has 0 bridgehead atoms. The lowest BCUT2D eigenvalue weighted by molar-refractivity contribution is 0.0524.